The van der Waals surface area contributed by atoms with Crippen LogP contribution in [0, 0.1) is 0 Å². The largest absolute Gasteiger partial charge is 0.484 e. The maximum atomic E-state index is 11.9. The van der Waals surface area contributed by atoms with Crippen molar-refractivity contribution in [3.8, 4) is 5.75 Å². The maximum absolute atomic E-state index is 11.9. The smallest absolute Gasteiger partial charge is 0.405 e. The van der Waals surface area contributed by atoms with E-state index in [1.807, 2.05) is 0 Å². The molecule has 8 heteroatoms. The van der Waals surface area contributed by atoms with Crippen molar-refractivity contribution in [2.24, 2.45) is 5.73 Å². The maximum Gasteiger partial charge on any atom is 0.405 e. The fourth-order valence-corrected chi connectivity index (χ4v) is 1.14. The molecular weight excluding hydrogens is 265 g/mol. The summed E-state index contributed by atoms with van der Waals surface area (Å²) >= 11 is 0. The van der Waals surface area contributed by atoms with Gasteiger partial charge in [0.05, 0.1) is 0 Å². The highest BCUT2D eigenvalue weighted by Gasteiger charge is 2.27. The molecule has 0 saturated heterocycles. The Morgan fingerprint density at radius 2 is 1.79 bits per heavy atom. The molecule has 0 aromatic heterocycles. The van der Waals surface area contributed by atoms with E-state index in [4.69, 9.17) is 10.5 Å². The minimum atomic E-state index is -4.46. The molecule has 0 radical (unpaired) electrons. The topological polar surface area (TPSA) is 81.4 Å². The highest BCUT2D eigenvalue weighted by Crippen LogP contribution is 2.14. The Hall–Kier alpha value is -2.25. The first kappa shape index (κ1) is 14.8. The molecule has 0 atom stereocenters. The Morgan fingerprint density at radius 3 is 2.26 bits per heavy atom. The average Bonchev–Trinajstić information content (AvgIpc) is 2.33. The standard InChI is InChI=1S/C11H11F3N2O3/c12-11(13,14)6-16-10(18)7-1-3-8(4-2-7)19-5-9(15)17/h1-4H,5-6H2,(H2,15,17)(H,16,18). The zero-order valence-electron chi connectivity index (χ0n) is 9.66. The molecule has 0 aliphatic heterocycles. The summed E-state index contributed by atoms with van der Waals surface area (Å²) in [7, 11) is 0. The fraction of sp³-hybridized carbons (Fsp3) is 0.273. The van der Waals surface area contributed by atoms with Gasteiger partial charge >= 0.3 is 6.18 Å². The minimum absolute atomic E-state index is 0.0516. The van der Waals surface area contributed by atoms with E-state index in [9.17, 15) is 22.8 Å². The molecule has 3 N–H and O–H groups in total. The van der Waals surface area contributed by atoms with Gasteiger partial charge in [0.25, 0.3) is 11.8 Å². The third-order valence-electron chi connectivity index (χ3n) is 1.95. The summed E-state index contributed by atoms with van der Waals surface area (Å²) in [5.41, 5.74) is 4.92. The van der Waals surface area contributed by atoms with Gasteiger partial charge in [0.1, 0.15) is 12.3 Å². The Morgan fingerprint density at radius 1 is 1.21 bits per heavy atom. The van der Waals surface area contributed by atoms with Gasteiger partial charge in [0, 0.05) is 5.56 Å². The SMILES string of the molecule is NC(=O)COc1ccc(C(=O)NCC(F)(F)F)cc1. The van der Waals surface area contributed by atoms with E-state index in [2.05, 4.69) is 0 Å². The Balaban J connectivity index is 2.55. The number of benzene rings is 1. The zero-order valence-corrected chi connectivity index (χ0v) is 9.66. The first-order valence-corrected chi connectivity index (χ1v) is 5.14. The van der Waals surface area contributed by atoms with E-state index in [-0.39, 0.29) is 17.9 Å². The van der Waals surface area contributed by atoms with Gasteiger partial charge in [-0.1, -0.05) is 0 Å². The highest BCUT2D eigenvalue weighted by atomic mass is 19.4. The number of primary amides is 1. The molecule has 1 rings (SSSR count). The van der Waals surface area contributed by atoms with Gasteiger partial charge in [-0.3, -0.25) is 9.59 Å². The molecule has 0 spiro atoms. The third-order valence-corrected chi connectivity index (χ3v) is 1.95. The van der Waals surface area contributed by atoms with Gasteiger partial charge in [-0.05, 0) is 24.3 Å². The van der Waals surface area contributed by atoms with Crippen LogP contribution < -0.4 is 15.8 Å². The van der Waals surface area contributed by atoms with Gasteiger partial charge in [-0.2, -0.15) is 13.2 Å². The molecule has 2 amide bonds. The summed E-state index contributed by atoms with van der Waals surface area (Å²) in [6.45, 7) is -1.72. The van der Waals surface area contributed by atoms with Gasteiger partial charge in [-0.15, -0.1) is 0 Å². The quantitative estimate of drug-likeness (QED) is 0.836. The molecule has 0 unspecified atom stereocenters. The van der Waals surface area contributed by atoms with E-state index in [1.54, 1.807) is 5.32 Å². The monoisotopic (exact) mass is 276 g/mol. The van der Waals surface area contributed by atoms with Gasteiger partial charge in [-0.25, -0.2) is 0 Å². The Bertz CT molecular complexity index is 457. The van der Waals surface area contributed by atoms with Crippen molar-refractivity contribution in [3.05, 3.63) is 29.8 Å². The van der Waals surface area contributed by atoms with Gasteiger partial charge in [0.15, 0.2) is 6.61 Å². The van der Waals surface area contributed by atoms with Crippen molar-refractivity contribution < 1.29 is 27.5 Å². The van der Waals surface area contributed by atoms with Crippen LogP contribution >= 0.6 is 0 Å². The van der Waals surface area contributed by atoms with E-state index in [0.717, 1.165) is 0 Å². The van der Waals surface area contributed by atoms with Crippen LogP contribution in [0.2, 0.25) is 0 Å². The Kier molecular flexibility index (Phi) is 4.74. The third kappa shape index (κ3) is 5.75. The van der Waals surface area contributed by atoms with Crippen LogP contribution in [0.15, 0.2) is 24.3 Å². The predicted molar refractivity (Wildman–Crippen MR) is 59.5 cm³/mol. The highest BCUT2D eigenvalue weighted by molar-refractivity contribution is 5.94. The second-order valence-corrected chi connectivity index (χ2v) is 3.58. The first-order valence-electron chi connectivity index (χ1n) is 5.14. The van der Waals surface area contributed by atoms with Crippen molar-refractivity contribution in [1.82, 2.24) is 5.32 Å². The molecule has 0 fully saturated rings. The summed E-state index contributed by atoms with van der Waals surface area (Å²) in [4.78, 5) is 21.8. The number of carbonyl (C=O) groups is 2. The van der Waals surface area contributed by atoms with Crippen molar-refractivity contribution >= 4 is 11.8 Å². The fourth-order valence-electron chi connectivity index (χ4n) is 1.14. The number of amides is 2. The van der Waals surface area contributed by atoms with Crippen LogP contribution in [0.25, 0.3) is 0 Å². The second kappa shape index (κ2) is 6.07. The predicted octanol–water partition coefficient (Wildman–Crippen LogP) is 0.843. The molecule has 1 aromatic rings. The van der Waals surface area contributed by atoms with Crippen molar-refractivity contribution in [2.75, 3.05) is 13.2 Å². The summed E-state index contributed by atoms with van der Waals surface area (Å²) in [5, 5.41) is 1.73. The molecule has 104 valence electrons. The number of carbonyl (C=O) groups excluding carboxylic acids is 2. The number of halogens is 3. The number of hydrogen-bond donors (Lipinski definition) is 2. The lowest BCUT2D eigenvalue weighted by Crippen LogP contribution is -2.33. The van der Waals surface area contributed by atoms with Gasteiger partial charge < -0.3 is 15.8 Å². The lowest BCUT2D eigenvalue weighted by atomic mass is 10.2. The van der Waals surface area contributed by atoms with Crippen LogP contribution in [-0.2, 0) is 4.79 Å². The van der Waals surface area contributed by atoms with Crippen LogP contribution in [-0.4, -0.2) is 31.1 Å². The molecule has 0 heterocycles. The molecule has 0 aliphatic carbocycles. The zero-order chi connectivity index (χ0) is 14.5. The molecule has 0 aliphatic rings. The van der Waals surface area contributed by atoms with Crippen LogP contribution in [0.5, 0.6) is 5.75 Å². The van der Waals surface area contributed by atoms with E-state index in [0.29, 0.717) is 0 Å². The van der Waals surface area contributed by atoms with Crippen LogP contribution in [0.1, 0.15) is 10.4 Å². The van der Waals surface area contributed by atoms with E-state index >= 15 is 0 Å². The summed E-state index contributed by atoms with van der Waals surface area (Å²) < 4.78 is 40.6. The van der Waals surface area contributed by atoms with Crippen LogP contribution in [0.3, 0.4) is 0 Å². The number of alkyl halides is 3. The Labute approximate surface area is 106 Å². The molecule has 1 aromatic carbocycles. The van der Waals surface area contributed by atoms with Crippen molar-refractivity contribution in [3.63, 3.8) is 0 Å². The average molecular weight is 276 g/mol. The van der Waals surface area contributed by atoms with Crippen LogP contribution in [0.4, 0.5) is 13.2 Å². The molecular formula is C11H11F3N2O3. The lowest BCUT2D eigenvalue weighted by Gasteiger charge is -2.09. The number of rotatable bonds is 5. The first-order chi connectivity index (χ1) is 8.78. The number of nitrogens with one attached hydrogen (secondary N) is 1. The molecule has 5 nitrogen and oxygen atoms in total. The summed E-state index contributed by atoms with van der Waals surface area (Å²) in [6, 6.07) is 5.26. The minimum Gasteiger partial charge on any atom is -0.484 e. The number of nitrogens with two attached hydrogens (primary N) is 1. The van der Waals surface area contributed by atoms with Gasteiger partial charge in [0.2, 0.25) is 0 Å². The molecule has 0 saturated carbocycles. The number of ether oxygens (including phenoxy) is 1. The summed E-state index contributed by atoms with van der Waals surface area (Å²) in [6.07, 6.45) is -4.46. The molecule has 19 heavy (non-hydrogen) atoms. The molecule has 0 bridgehead atoms. The van der Waals surface area contributed by atoms with Crippen molar-refractivity contribution in [1.29, 1.82) is 0 Å². The lowest BCUT2D eigenvalue weighted by molar-refractivity contribution is -0.123. The summed E-state index contributed by atoms with van der Waals surface area (Å²) in [5.74, 6) is -1.23. The second-order valence-electron chi connectivity index (χ2n) is 3.58. The van der Waals surface area contributed by atoms with Crippen molar-refractivity contribution in [2.45, 2.75) is 6.18 Å². The van der Waals surface area contributed by atoms with E-state index in [1.165, 1.54) is 24.3 Å². The normalized spacial score (nSPS) is 10.9. The van der Waals surface area contributed by atoms with E-state index < -0.39 is 24.5 Å². The number of hydrogen-bond acceptors (Lipinski definition) is 3.